The van der Waals surface area contributed by atoms with Crippen LogP contribution in [-0.4, -0.2) is 66.3 Å². The van der Waals surface area contributed by atoms with Crippen molar-refractivity contribution < 1.29 is 75.7 Å². The molecule has 0 aromatic heterocycles. The second kappa shape index (κ2) is 25.1. The van der Waals surface area contributed by atoms with Gasteiger partial charge in [0, 0.05) is 0 Å². The van der Waals surface area contributed by atoms with E-state index in [1.165, 1.54) is 29.4 Å². The van der Waals surface area contributed by atoms with Crippen molar-refractivity contribution in [2.75, 3.05) is 0 Å². The van der Waals surface area contributed by atoms with Crippen LogP contribution in [0.15, 0.2) is 211 Å². The van der Waals surface area contributed by atoms with Crippen LogP contribution in [0.5, 0.6) is 0 Å². The third-order valence-corrected chi connectivity index (χ3v) is 22.5. The first-order valence-electron chi connectivity index (χ1n) is 27.2. The molecule has 21 heteroatoms. The normalized spacial score (nSPS) is 25.4. The van der Waals surface area contributed by atoms with Crippen LogP contribution < -0.4 is 0 Å². The first-order chi connectivity index (χ1) is 39.3. The molecule has 0 amide bonds. The Morgan fingerprint density at radius 1 is 0.434 bits per heavy atom. The van der Waals surface area contributed by atoms with Crippen molar-refractivity contribution in [3.63, 3.8) is 0 Å². The molecule has 14 rings (SSSR count). The Hall–Kier alpha value is -5.71. The minimum absolute atomic E-state index is 0.0146. The fourth-order valence-corrected chi connectivity index (χ4v) is 18.6. The van der Waals surface area contributed by atoms with Crippen molar-refractivity contribution in [1.29, 1.82) is 0 Å². The molecule has 442 valence electrons. The molecule has 0 N–H and O–H groups in total. The second-order valence-electron chi connectivity index (χ2n) is 22.5. The summed E-state index contributed by atoms with van der Waals surface area (Å²) in [7, 11) is -12.7. The Balaban J connectivity index is 0.000000134. The molecule has 83 heavy (non-hydrogen) atoms. The highest BCUT2D eigenvalue weighted by Gasteiger charge is 2.65. The number of ether oxygens (including phenoxy) is 2. The Morgan fingerprint density at radius 2 is 0.687 bits per heavy atom. The Kier molecular flexibility index (Phi) is 18.7. The Morgan fingerprint density at radius 3 is 0.916 bits per heavy atom. The number of hydrogen-bond donors (Lipinski definition) is 0. The van der Waals surface area contributed by atoms with E-state index >= 15 is 0 Å². The van der Waals surface area contributed by atoms with Gasteiger partial charge in [0.15, 0.2) is 49.6 Å². The van der Waals surface area contributed by atoms with Gasteiger partial charge in [-0.3, -0.25) is 4.79 Å². The summed E-state index contributed by atoms with van der Waals surface area (Å²) in [5, 5.41) is -10.8. The number of benzene rings is 6. The highest BCUT2D eigenvalue weighted by atomic mass is 32.2. The quantitative estimate of drug-likeness (QED) is 0.0470. The maximum Gasteiger partial charge on any atom is 0.432 e. The molecule has 8 bridgehead atoms. The van der Waals surface area contributed by atoms with Gasteiger partial charge in [-0.15, -0.1) is 0 Å². The van der Waals surface area contributed by atoms with Gasteiger partial charge in [-0.1, -0.05) is 109 Å². The molecule has 0 saturated heterocycles. The Labute approximate surface area is 484 Å². The summed E-state index contributed by atoms with van der Waals surface area (Å²) in [4.78, 5) is 32.0. The number of hydrogen-bond acceptors (Lipinski definition) is 10. The van der Waals surface area contributed by atoms with E-state index in [0.29, 0.717) is 37.0 Å². The lowest BCUT2D eigenvalue weighted by molar-refractivity contribution is -0.266. The molecule has 8 saturated carbocycles. The van der Waals surface area contributed by atoms with Crippen molar-refractivity contribution >= 4 is 54.0 Å². The zero-order valence-electron chi connectivity index (χ0n) is 44.7. The summed E-state index contributed by atoms with van der Waals surface area (Å²) in [6.45, 7) is 0. The smallest absolute Gasteiger partial charge is 0.432 e. The molecule has 0 radical (unpaired) electrons. The van der Waals surface area contributed by atoms with E-state index in [0.717, 1.165) is 38.5 Å². The highest BCUT2D eigenvalue weighted by molar-refractivity contribution is 7.97. The lowest BCUT2D eigenvalue weighted by Gasteiger charge is -2.55. The molecule has 8 fully saturated rings. The van der Waals surface area contributed by atoms with Gasteiger partial charge in [0.25, 0.3) is 6.10 Å². The maximum atomic E-state index is 13.5. The van der Waals surface area contributed by atoms with Gasteiger partial charge < -0.3 is 18.6 Å². The predicted octanol–water partition coefficient (Wildman–Crippen LogP) is 14.0. The van der Waals surface area contributed by atoms with Crippen LogP contribution in [0.2, 0.25) is 0 Å². The minimum Gasteiger partial charge on any atom is -0.743 e. The van der Waals surface area contributed by atoms with Crippen LogP contribution in [0.25, 0.3) is 0 Å². The van der Waals surface area contributed by atoms with Gasteiger partial charge in [0.1, 0.15) is 5.60 Å². The van der Waals surface area contributed by atoms with Crippen LogP contribution in [0.3, 0.4) is 0 Å². The van der Waals surface area contributed by atoms with Crippen molar-refractivity contribution in [1.82, 2.24) is 0 Å². The van der Waals surface area contributed by atoms with Crippen LogP contribution in [0, 0.1) is 40.9 Å². The molecule has 6 aromatic rings. The summed E-state index contributed by atoms with van der Waals surface area (Å²) in [6.07, 6.45) is -2.34. The molecule has 6 aromatic carbocycles. The highest BCUT2D eigenvalue weighted by Crippen LogP contribution is 2.61. The summed E-state index contributed by atoms with van der Waals surface area (Å²) in [6, 6.07) is 64.3. The lowest BCUT2D eigenvalue weighted by Crippen LogP contribution is -2.56. The average Bonchev–Trinajstić information content (AvgIpc) is 2.69. The van der Waals surface area contributed by atoms with Crippen molar-refractivity contribution in [2.24, 2.45) is 40.9 Å². The monoisotopic (exact) mass is 1230 g/mol. The first-order valence-corrected chi connectivity index (χ1v) is 32.5. The van der Waals surface area contributed by atoms with Crippen LogP contribution in [0.4, 0.5) is 30.7 Å². The third-order valence-electron chi connectivity index (χ3n) is 16.3. The average molecular weight is 1230 g/mol. The topological polar surface area (TPSA) is 167 Å². The molecule has 0 aliphatic heterocycles. The largest absolute Gasteiger partial charge is 0.743 e. The maximum absolute atomic E-state index is 13.5. The molecule has 0 heterocycles. The number of halogens is 7. The summed E-state index contributed by atoms with van der Waals surface area (Å²) in [5.41, 5.74) is -2.28. The molecule has 1 unspecified atom stereocenters. The first kappa shape index (κ1) is 61.8. The van der Waals surface area contributed by atoms with Crippen LogP contribution in [-0.2, 0) is 61.1 Å². The molecule has 8 aliphatic rings. The summed E-state index contributed by atoms with van der Waals surface area (Å²) >= 11 is 0. The van der Waals surface area contributed by atoms with Gasteiger partial charge in [-0.05, 0) is 185 Å². The molecular weight excluding hydrogens is 1170 g/mol. The van der Waals surface area contributed by atoms with E-state index in [2.05, 4.69) is 187 Å². The second-order valence-corrected chi connectivity index (χ2v) is 29.4. The van der Waals surface area contributed by atoms with Crippen molar-refractivity contribution in [3.8, 4) is 0 Å². The SMILES string of the molecule is O=C(OC(C(F)(F)F)C(F)(F)S(=O)(=O)[O-])C12CC3CC(CC(C3)C1)C2.O=C(OC12CC3CC(CC(C3)C1)C2)C(F)(F)S(=O)(=O)[O-].c1ccc([S+](c2ccccc2)c2ccccc2)cc1.c1ccc([S+](c2ccccc2)c2ccccc2)cc1. The summed E-state index contributed by atoms with van der Waals surface area (Å²) < 4.78 is 164. The number of esters is 2. The van der Waals surface area contributed by atoms with Crippen LogP contribution in [0.1, 0.15) is 77.0 Å². The molecule has 8 aliphatic carbocycles. The molecule has 1 atom stereocenters. The number of carbonyl (C=O) groups excluding carboxylic acids is 2. The van der Waals surface area contributed by atoms with E-state index < -0.39 is 66.0 Å². The van der Waals surface area contributed by atoms with E-state index in [-0.39, 0.29) is 58.8 Å². The van der Waals surface area contributed by atoms with E-state index in [1.807, 2.05) is 0 Å². The van der Waals surface area contributed by atoms with Gasteiger partial charge in [-0.2, -0.15) is 30.7 Å². The van der Waals surface area contributed by atoms with Gasteiger partial charge in [0.2, 0.25) is 0 Å². The number of carbonyl (C=O) groups is 2. The minimum atomic E-state index is -6.67. The third kappa shape index (κ3) is 14.4. The zero-order valence-corrected chi connectivity index (χ0v) is 48.0. The van der Waals surface area contributed by atoms with Gasteiger partial charge in [-0.25, -0.2) is 21.6 Å². The van der Waals surface area contributed by atoms with Crippen molar-refractivity contribution in [3.05, 3.63) is 182 Å². The number of alkyl halides is 7. The number of rotatable bonds is 13. The van der Waals surface area contributed by atoms with Crippen molar-refractivity contribution in [2.45, 2.75) is 135 Å². The summed E-state index contributed by atoms with van der Waals surface area (Å²) in [5.74, 6) is -2.23. The molecule has 10 nitrogen and oxygen atoms in total. The standard InChI is InChI=1S/2C18H15S.C14H17F5O5S.C12H16F2O5S/c2*1-4-10-16(11-5-1)19(17-12-6-2-7-13-17)18-14-8-3-9-15-18;15-13(16,17)10(14(18,19)25(21,22)23)24-11(20)12-4-7-1-8(5-12)3-9(2-7)6-12;13-12(14,20(16,17)18)10(15)19-11-4-7-1-8(5-11)3-9(2-7)6-11/h2*1-15H;7-10H,1-6H2,(H,21,22,23);7-9H,1-6H2,(H,16,17,18)/q2*+1;;/p-2. The fourth-order valence-electron chi connectivity index (χ4n) is 13.7. The molecular formula is C62H61F7O10S4. The fraction of sp³-hybridized carbons (Fsp3) is 0.387. The van der Waals surface area contributed by atoms with E-state index in [9.17, 15) is 66.3 Å². The van der Waals surface area contributed by atoms with Gasteiger partial charge >= 0.3 is 28.6 Å². The van der Waals surface area contributed by atoms with E-state index in [4.69, 9.17) is 4.74 Å². The predicted molar refractivity (Wildman–Crippen MR) is 296 cm³/mol. The Bertz CT molecular complexity index is 2990. The van der Waals surface area contributed by atoms with Crippen LogP contribution >= 0.6 is 0 Å². The van der Waals surface area contributed by atoms with E-state index in [1.54, 1.807) is 0 Å². The molecule has 0 spiro atoms. The lowest BCUT2D eigenvalue weighted by atomic mass is 9.49. The van der Waals surface area contributed by atoms with Gasteiger partial charge in [0.05, 0.1) is 27.2 Å². The zero-order chi connectivity index (χ0) is 59.4.